The van der Waals surface area contributed by atoms with Crippen LogP contribution in [0.1, 0.15) is 12.1 Å². The first-order chi connectivity index (χ1) is 14.1. The third kappa shape index (κ3) is 4.90. The molecule has 0 saturated carbocycles. The summed E-state index contributed by atoms with van der Waals surface area (Å²) in [5, 5.41) is 3.50. The van der Waals surface area contributed by atoms with Crippen molar-refractivity contribution in [2.24, 2.45) is 0 Å². The molecule has 29 heavy (non-hydrogen) atoms. The number of thioether (sulfide) groups is 1. The number of H-pyrrole nitrogens is 2. The summed E-state index contributed by atoms with van der Waals surface area (Å²) in [6.07, 6.45) is 2.00. The fraction of sp³-hybridized carbons (Fsp3) is 0.150. The maximum Gasteiger partial charge on any atom is 0.323 e. The Hall–Kier alpha value is -2.97. The lowest BCUT2D eigenvalue weighted by molar-refractivity contribution is -0.115. The number of carbonyl (C=O) groups is 1. The van der Waals surface area contributed by atoms with Crippen LogP contribution in [-0.2, 0) is 10.5 Å². The molecule has 0 radical (unpaired) electrons. The molecule has 9 heteroatoms. The second-order valence-electron chi connectivity index (χ2n) is 6.34. The van der Waals surface area contributed by atoms with Crippen LogP contribution in [0.3, 0.4) is 0 Å². The van der Waals surface area contributed by atoms with Crippen molar-refractivity contribution in [3.63, 3.8) is 0 Å². The predicted molar refractivity (Wildman–Crippen MR) is 115 cm³/mol. The van der Waals surface area contributed by atoms with Crippen LogP contribution in [0, 0.1) is 0 Å². The van der Waals surface area contributed by atoms with E-state index < -0.39 is 0 Å². The van der Waals surface area contributed by atoms with Crippen LogP contribution < -0.4 is 11.0 Å². The highest BCUT2D eigenvalue weighted by molar-refractivity contribution is 7.98. The summed E-state index contributed by atoms with van der Waals surface area (Å²) in [4.78, 5) is 33.2. The van der Waals surface area contributed by atoms with Crippen LogP contribution in [0.25, 0.3) is 22.5 Å². The number of hydrogen-bond acceptors (Lipinski definition) is 5. The molecule has 1 amide bonds. The molecule has 3 N–H and O–H groups in total. The average Bonchev–Trinajstić information content (AvgIpc) is 3.31. The Labute approximate surface area is 174 Å². The molecule has 0 unspecified atom stereocenters. The average molecular weight is 429 g/mol. The Morgan fingerprint density at radius 2 is 1.93 bits per heavy atom. The van der Waals surface area contributed by atoms with E-state index in [-0.39, 0.29) is 11.6 Å². The van der Waals surface area contributed by atoms with Crippen LogP contribution in [-0.4, -0.2) is 26.6 Å². The van der Waals surface area contributed by atoms with Crippen molar-refractivity contribution >= 4 is 46.0 Å². The minimum atomic E-state index is -0.271. The second-order valence-corrected chi connectivity index (χ2v) is 7.88. The van der Waals surface area contributed by atoms with E-state index in [0.717, 1.165) is 11.3 Å². The smallest absolute Gasteiger partial charge is 0.323 e. The number of carbonyl (C=O) groups excluding carboxylic acids is 1. The van der Waals surface area contributed by atoms with Gasteiger partial charge in [0.1, 0.15) is 6.26 Å². The number of anilines is 1. The number of aromatic amines is 2. The van der Waals surface area contributed by atoms with Crippen molar-refractivity contribution in [2.45, 2.75) is 12.2 Å². The summed E-state index contributed by atoms with van der Waals surface area (Å²) in [5.74, 6) is 1.77. The highest BCUT2D eigenvalue weighted by Gasteiger charge is 2.08. The third-order valence-electron chi connectivity index (χ3n) is 4.17. The number of imidazole rings is 1. The molecular formula is C20H17ClN4O3S. The van der Waals surface area contributed by atoms with Crippen molar-refractivity contribution in [3.8, 4) is 11.5 Å². The molecule has 4 aromatic rings. The Balaban J connectivity index is 1.24. The van der Waals surface area contributed by atoms with E-state index in [0.29, 0.717) is 45.6 Å². The molecule has 4 rings (SSSR count). The number of oxazole rings is 1. The Morgan fingerprint density at radius 3 is 2.76 bits per heavy atom. The number of benzene rings is 2. The fourth-order valence-electron chi connectivity index (χ4n) is 2.77. The normalized spacial score (nSPS) is 11.1. The standard InChI is InChI=1S/C20H17ClN4O3S/c21-13-3-1-12(2-4-13)19-23-15(10-28-19)11-29-8-7-18(26)22-14-5-6-16-17(9-14)25-20(27)24-16/h1-6,9-10H,7-8,11H2,(H,22,26)(H2,24,25,27). The number of amides is 1. The van der Waals surface area contributed by atoms with Gasteiger partial charge in [-0.05, 0) is 42.5 Å². The molecule has 2 aromatic carbocycles. The lowest BCUT2D eigenvalue weighted by atomic mass is 10.2. The van der Waals surface area contributed by atoms with E-state index in [1.165, 1.54) is 0 Å². The van der Waals surface area contributed by atoms with Gasteiger partial charge >= 0.3 is 5.69 Å². The molecule has 0 fully saturated rings. The molecule has 7 nitrogen and oxygen atoms in total. The molecule has 0 aliphatic carbocycles. The third-order valence-corrected chi connectivity index (χ3v) is 5.41. The van der Waals surface area contributed by atoms with E-state index in [2.05, 4.69) is 20.3 Å². The van der Waals surface area contributed by atoms with Gasteiger partial charge in [-0.2, -0.15) is 11.8 Å². The lowest BCUT2D eigenvalue weighted by Crippen LogP contribution is -2.12. The van der Waals surface area contributed by atoms with Crippen molar-refractivity contribution in [1.29, 1.82) is 0 Å². The first-order valence-electron chi connectivity index (χ1n) is 8.87. The predicted octanol–water partition coefficient (Wildman–Crippen LogP) is 4.43. The zero-order chi connectivity index (χ0) is 20.2. The van der Waals surface area contributed by atoms with Gasteiger partial charge in [0, 0.05) is 34.2 Å². The van der Waals surface area contributed by atoms with Crippen LogP contribution in [0.5, 0.6) is 0 Å². The Morgan fingerprint density at radius 1 is 1.14 bits per heavy atom. The zero-order valence-electron chi connectivity index (χ0n) is 15.2. The number of nitrogens with one attached hydrogen (secondary N) is 3. The Kier molecular flexibility index (Phi) is 5.73. The summed E-state index contributed by atoms with van der Waals surface area (Å²) in [7, 11) is 0. The molecular weight excluding hydrogens is 412 g/mol. The second kappa shape index (κ2) is 8.59. The number of hydrogen-bond donors (Lipinski definition) is 3. The van der Waals surface area contributed by atoms with Gasteiger partial charge in [-0.3, -0.25) is 4.79 Å². The number of rotatable bonds is 7. The maximum absolute atomic E-state index is 12.1. The van der Waals surface area contributed by atoms with Crippen LogP contribution in [0.4, 0.5) is 5.69 Å². The van der Waals surface area contributed by atoms with Crippen molar-refractivity contribution in [3.05, 3.63) is 69.9 Å². The van der Waals surface area contributed by atoms with Gasteiger partial charge in [0.2, 0.25) is 11.8 Å². The van der Waals surface area contributed by atoms with E-state index in [1.54, 1.807) is 48.4 Å². The summed E-state index contributed by atoms with van der Waals surface area (Å²) in [6.45, 7) is 0. The number of fused-ring (bicyclic) bond motifs is 1. The number of aromatic nitrogens is 3. The summed E-state index contributed by atoms with van der Waals surface area (Å²) in [5.41, 5.74) is 3.42. The van der Waals surface area contributed by atoms with E-state index in [1.807, 2.05) is 12.1 Å². The van der Waals surface area contributed by atoms with Crippen LogP contribution in [0.15, 0.2) is 57.9 Å². The highest BCUT2D eigenvalue weighted by Crippen LogP contribution is 2.23. The van der Waals surface area contributed by atoms with Crippen LogP contribution in [0.2, 0.25) is 5.02 Å². The minimum Gasteiger partial charge on any atom is -0.444 e. The lowest BCUT2D eigenvalue weighted by Gasteiger charge is -2.05. The molecule has 0 aliphatic heterocycles. The van der Waals surface area contributed by atoms with E-state index in [4.69, 9.17) is 16.0 Å². The first kappa shape index (κ1) is 19.4. The number of nitrogens with zero attached hydrogens (tertiary/aromatic N) is 1. The summed E-state index contributed by atoms with van der Waals surface area (Å²) in [6, 6.07) is 12.5. The highest BCUT2D eigenvalue weighted by atomic mass is 35.5. The topological polar surface area (TPSA) is 104 Å². The van der Waals surface area contributed by atoms with Gasteiger partial charge in [0.15, 0.2) is 0 Å². The number of halogens is 1. The molecule has 0 bridgehead atoms. The molecule has 2 aromatic heterocycles. The van der Waals surface area contributed by atoms with E-state index >= 15 is 0 Å². The minimum absolute atomic E-state index is 0.0864. The summed E-state index contributed by atoms with van der Waals surface area (Å²) < 4.78 is 5.51. The zero-order valence-corrected chi connectivity index (χ0v) is 16.8. The SMILES string of the molecule is O=C(CCSCc1coc(-c2ccc(Cl)cc2)n1)Nc1ccc2[nH]c(=O)[nH]c2c1. The van der Waals surface area contributed by atoms with Crippen molar-refractivity contribution in [2.75, 3.05) is 11.1 Å². The van der Waals surface area contributed by atoms with Crippen molar-refractivity contribution < 1.29 is 9.21 Å². The van der Waals surface area contributed by atoms with Gasteiger partial charge in [-0.15, -0.1) is 0 Å². The molecule has 0 spiro atoms. The van der Waals surface area contributed by atoms with Gasteiger partial charge < -0.3 is 19.7 Å². The van der Waals surface area contributed by atoms with Gasteiger partial charge in [-0.1, -0.05) is 11.6 Å². The Bertz CT molecular complexity index is 1200. The van der Waals surface area contributed by atoms with E-state index in [9.17, 15) is 9.59 Å². The quantitative estimate of drug-likeness (QED) is 0.378. The summed E-state index contributed by atoms with van der Waals surface area (Å²) >= 11 is 7.49. The van der Waals surface area contributed by atoms with Gasteiger partial charge in [0.05, 0.1) is 16.7 Å². The molecule has 0 aliphatic rings. The van der Waals surface area contributed by atoms with Crippen molar-refractivity contribution in [1.82, 2.24) is 15.0 Å². The van der Waals surface area contributed by atoms with Crippen LogP contribution >= 0.6 is 23.4 Å². The fourth-order valence-corrected chi connectivity index (χ4v) is 3.72. The van der Waals surface area contributed by atoms with Gasteiger partial charge in [-0.25, -0.2) is 9.78 Å². The first-order valence-corrected chi connectivity index (χ1v) is 10.4. The molecule has 148 valence electrons. The molecule has 2 heterocycles. The molecule has 0 saturated heterocycles. The monoisotopic (exact) mass is 428 g/mol. The maximum atomic E-state index is 12.1. The molecule has 0 atom stereocenters. The largest absolute Gasteiger partial charge is 0.444 e. The van der Waals surface area contributed by atoms with Gasteiger partial charge in [0.25, 0.3) is 0 Å².